The minimum Gasteiger partial charge on any atom is -0.462 e. The van der Waals surface area contributed by atoms with E-state index in [2.05, 4.69) is 41.5 Å². The van der Waals surface area contributed by atoms with Crippen LogP contribution in [0.1, 0.15) is 401 Å². The number of ether oxygens (including phenoxy) is 4. The number of hydrogen-bond acceptors (Lipinski definition) is 15. The van der Waals surface area contributed by atoms with Crippen molar-refractivity contribution in [2.45, 2.75) is 419 Å². The summed E-state index contributed by atoms with van der Waals surface area (Å²) < 4.78 is 68.5. The standard InChI is InChI=1S/C77H150O17P2/c1-7-10-12-14-16-18-36-43-49-55-61-76(81)93-72(65-87-74(79)59-53-47-41-33-17-15-13-11-8-2)67-91-95(83,84)89-63-71(78)64-90-96(85,86)92-68-73(66-88-75(80)60-54-48-42-37-31-28-27-29-34-39-45-51-57-69(4)5)94-77(82)62-56-50-44-38-32-26-24-22-20-19-21-23-25-30-35-40-46-52-58-70(6)9-3/h69-73,78H,7-68H2,1-6H3,(H,83,84)(H,85,86)/t70?,71-,72+,73+/m0/s1. The molecule has 0 aliphatic rings. The Kier molecular flexibility index (Phi) is 67.4. The molecular weight excluding hydrogens is 1260 g/mol. The maximum Gasteiger partial charge on any atom is 0.472 e. The van der Waals surface area contributed by atoms with Gasteiger partial charge in [-0.25, -0.2) is 9.13 Å². The molecule has 0 aromatic rings. The summed E-state index contributed by atoms with van der Waals surface area (Å²) in [6.07, 6.45) is 56.9. The first-order valence-electron chi connectivity index (χ1n) is 40.0. The number of carbonyl (C=O) groups excluding carboxylic acids is 4. The van der Waals surface area contributed by atoms with E-state index in [0.29, 0.717) is 25.7 Å². The van der Waals surface area contributed by atoms with Crippen LogP contribution < -0.4 is 0 Å². The lowest BCUT2D eigenvalue weighted by Crippen LogP contribution is -2.30. The molecule has 19 heteroatoms. The number of aliphatic hydroxyl groups is 1. The maximum atomic E-state index is 13.1. The fraction of sp³-hybridized carbons (Fsp3) is 0.948. The highest BCUT2D eigenvalue weighted by Crippen LogP contribution is 2.45. The Bertz CT molecular complexity index is 1860. The molecule has 0 heterocycles. The molecule has 3 unspecified atom stereocenters. The largest absolute Gasteiger partial charge is 0.472 e. The minimum atomic E-state index is -4.96. The fourth-order valence-corrected chi connectivity index (χ4v) is 13.4. The van der Waals surface area contributed by atoms with Gasteiger partial charge < -0.3 is 33.8 Å². The predicted molar refractivity (Wildman–Crippen MR) is 391 cm³/mol. The molecule has 0 bridgehead atoms. The zero-order valence-corrected chi connectivity index (χ0v) is 64.5. The second-order valence-corrected chi connectivity index (χ2v) is 31.4. The van der Waals surface area contributed by atoms with Gasteiger partial charge in [-0.3, -0.25) is 37.3 Å². The molecule has 0 spiro atoms. The van der Waals surface area contributed by atoms with Crippen molar-refractivity contribution in [1.29, 1.82) is 0 Å². The molecule has 0 saturated carbocycles. The zero-order chi connectivity index (χ0) is 70.7. The highest BCUT2D eigenvalue weighted by Gasteiger charge is 2.30. The summed E-state index contributed by atoms with van der Waals surface area (Å²) in [5, 5.41) is 10.6. The Morgan fingerprint density at radius 3 is 0.792 bits per heavy atom. The molecule has 0 aliphatic heterocycles. The van der Waals surface area contributed by atoms with Crippen LogP contribution in [0.5, 0.6) is 0 Å². The van der Waals surface area contributed by atoms with Gasteiger partial charge in [0, 0.05) is 25.7 Å². The molecule has 0 aromatic heterocycles. The molecule has 3 N–H and O–H groups in total. The molecule has 0 fully saturated rings. The highest BCUT2D eigenvalue weighted by atomic mass is 31.2. The zero-order valence-electron chi connectivity index (χ0n) is 62.7. The monoisotopic (exact) mass is 1410 g/mol. The molecule has 0 aliphatic carbocycles. The number of carbonyl (C=O) groups is 4. The molecule has 0 amide bonds. The van der Waals surface area contributed by atoms with Crippen LogP contribution >= 0.6 is 15.6 Å². The van der Waals surface area contributed by atoms with Crippen molar-refractivity contribution in [3.63, 3.8) is 0 Å². The van der Waals surface area contributed by atoms with Crippen molar-refractivity contribution in [1.82, 2.24) is 0 Å². The van der Waals surface area contributed by atoms with E-state index in [4.69, 9.17) is 37.0 Å². The van der Waals surface area contributed by atoms with E-state index >= 15 is 0 Å². The summed E-state index contributed by atoms with van der Waals surface area (Å²) in [5.74, 6) is -0.463. The molecule has 17 nitrogen and oxygen atoms in total. The molecule has 570 valence electrons. The minimum absolute atomic E-state index is 0.107. The van der Waals surface area contributed by atoms with E-state index in [0.717, 1.165) is 102 Å². The van der Waals surface area contributed by atoms with Crippen LogP contribution in [0.3, 0.4) is 0 Å². The summed E-state index contributed by atoms with van der Waals surface area (Å²) in [5.41, 5.74) is 0. The van der Waals surface area contributed by atoms with Crippen molar-refractivity contribution >= 4 is 39.5 Å². The normalized spacial score (nSPS) is 14.3. The lowest BCUT2D eigenvalue weighted by atomic mass is 9.99. The third kappa shape index (κ3) is 69.2. The van der Waals surface area contributed by atoms with Crippen molar-refractivity contribution in [3.8, 4) is 0 Å². The third-order valence-corrected chi connectivity index (χ3v) is 20.2. The topological polar surface area (TPSA) is 237 Å². The van der Waals surface area contributed by atoms with Gasteiger partial charge in [-0.05, 0) is 37.5 Å². The third-order valence-electron chi connectivity index (χ3n) is 18.3. The first kappa shape index (κ1) is 94.1. The van der Waals surface area contributed by atoms with E-state index in [-0.39, 0.29) is 25.7 Å². The SMILES string of the molecule is CCCCCCCCCCCCC(=O)O[C@H](COC(=O)CCCCCCCCCCC)COP(=O)(O)OC[C@H](O)COP(=O)(O)OC[C@@H](COC(=O)CCCCCCCCCCCCCCC(C)C)OC(=O)CCCCCCCCCCCCCCCCCCCCC(C)CC. The van der Waals surface area contributed by atoms with Crippen LogP contribution in [0.4, 0.5) is 0 Å². The smallest absolute Gasteiger partial charge is 0.462 e. The number of phosphoric acid groups is 2. The van der Waals surface area contributed by atoms with Crippen molar-refractivity contribution in [2.24, 2.45) is 11.8 Å². The first-order chi connectivity index (χ1) is 46.4. The summed E-state index contributed by atoms with van der Waals surface area (Å²) in [7, 11) is -9.91. The maximum absolute atomic E-state index is 13.1. The van der Waals surface area contributed by atoms with Crippen molar-refractivity contribution in [3.05, 3.63) is 0 Å². The number of unbranched alkanes of at least 4 members (excludes halogenated alkanes) is 45. The Morgan fingerprint density at radius 2 is 0.531 bits per heavy atom. The van der Waals surface area contributed by atoms with Gasteiger partial charge in [-0.1, -0.05) is 350 Å². The molecule has 0 rings (SSSR count). The second-order valence-electron chi connectivity index (χ2n) is 28.5. The number of aliphatic hydroxyl groups excluding tert-OH is 1. The van der Waals surface area contributed by atoms with Gasteiger partial charge in [-0.2, -0.15) is 0 Å². The molecule has 0 saturated heterocycles. The average molecular weight is 1410 g/mol. The molecule has 96 heavy (non-hydrogen) atoms. The van der Waals surface area contributed by atoms with Gasteiger partial charge in [0.15, 0.2) is 12.2 Å². The average Bonchev–Trinajstić information content (AvgIpc) is 1.69. The first-order valence-corrected chi connectivity index (χ1v) is 43.0. The van der Waals surface area contributed by atoms with Crippen molar-refractivity contribution < 1.29 is 80.2 Å². The lowest BCUT2D eigenvalue weighted by Gasteiger charge is -2.21. The summed E-state index contributed by atoms with van der Waals surface area (Å²) in [6.45, 7) is 9.65. The number of phosphoric ester groups is 2. The molecule has 0 aromatic carbocycles. The summed E-state index contributed by atoms with van der Waals surface area (Å²) in [4.78, 5) is 72.7. The van der Waals surface area contributed by atoms with Crippen LogP contribution in [-0.4, -0.2) is 96.7 Å². The highest BCUT2D eigenvalue weighted by molar-refractivity contribution is 7.47. The molecule has 0 radical (unpaired) electrons. The Hall–Kier alpha value is -1.94. The summed E-state index contributed by atoms with van der Waals surface area (Å²) >= 11 is 0. The van der Waals surface area contributed by atoms with Crippen LogP contribution in [0.2, 0.25) is 0 Å². The fourth-order valence-electron chi connectivity index (χ4n) is 11.8. The van der Waals surface area contributed by atoms with Crippen LogP contribution in [0, 0.1) is 11.8 Å². The number of hydrogen-bond donors (Lipinski definition) is 3. The van der Waals surface area contributed by atoms with Gasteiger partial charge in [0.1, 0.15) is 19.3 Å². The van der Waals surface area contributed by atoms with Gasteiger partial charge in [-0.15, -0.1) is 0 Å². The molecule has 6 atom stereocenters. The Morgan fingerprint density at radius 1 is 0.302 bits per heavy atom. The summed E-state index contributed by atoms with van der Waals surface area (Å²) in [6, 6.07) is 0. The van der Waals surface area contributed by atoms with E-state index in [1.54, 1.807) is 0 Å². The van der Waals surface area contributed by atoms with Crippen LogP contribution in [0.25, 0.3) is 0 Å². The van der Waals surface area contributed by atoms with Crippen molar-refractivity contribution in [2.75, 3.05) is 39.6 Å². The van der Waals surface area contributed by atoms with E-state index in [9.17, 15) is 43.2 Å². The van der Waals surface area contributed by atoms with Crippen LogP contribution in [-0.2, 0) is 65.4 Å². The van der Waals surface area contributed by atoms with Gasteiger partial charge in [0.05, 0.1) is 26.4 Å². The van der Waals surface area contributed by atoms with E-state index in [1.807, 2.05) is 0 Å². The van der Waals surface area contributed by atoms with Gasteiger partial charge in [0.2, 0.25) is 0 Å². The molecular formula is C77H150O17P2. The number of esters is 4. The van der Waals surface area contributed by atoms with E-state index < -0.39 is 97.5 Å². The van der Waals surface area contributed by atoms with E-state index in [1.165, 1.54) is 218 Å². The lowest BCUT2D eigenvalue weighted by molar-refractivity contribution is -0.161. The predicted octanol–water partition coefficient (Wildman–Crippen LogP) is 22.7. The number of rotatable bonds is 76. The second kappa shape index (κ2) is 68.8. The Labute approximate surface area is 588 Å². The van der Waals surface area contributed by atoms with Gasteiger partial charge in [0.25, 0.3) is 0 Å². The van der Waals surface area contributed by atoms with Gasteiger partial charge >= 0.3 is 39.5 Å². The quantitative estimate of drug-likeness (QED) is 0.0222. The Balaban J connectivity index is 5.17. The van der Waals surface area contributed by atoms with Crippen LogP contribution in [0.15, 0.2) is 0 Å².